The number of hydrogen-bond donors (Lipinski definition) is 0. The number of aryl methyl sites for hydroxylation is 1. The largest absolute Gasteiger partial charge is 0.359 e. The minimum atomic E-state index is 0.0682. The summed E-state index contributed by atoms with van der Waals surface area (Å²) in [6.45, 7) is 3.83. The second-order valence-corrected chi connectivity index (χ2v) is 3.97. The van der Waals surface area contributed by atoms with Gasteiger partial charge in [-0.15, -0.1) is 0 Å². The minimum Gasteiger partial charge on any atom is -0.359 e. The van der Waals surface area contributed by atoms with E-state index in [1.807, 2.05) is 27.0 Å². The highest BCUT2D eigenvalue weighted by molar-refractivity contribution is 5.80. The first-order valence-electron chi connectivity index (χ1n) is 4.79. The Morgan fingerprint density at radius 3 is 2.79 bits per heavy atom. The smallest absolute Gasteiger partial charge is 0.225 e. The zero-order valence-electron chi connectivity index (χ0n) is 8.65. The Labute approximate surface area is 82.9 Å². The van der Waals surface area contributed by atoms with Crippen molar-refractivity contribution in [1.29, 1.82) is 0 Å². The first kappa shape index (κ1) is 9.24. The molecule has 1 fully saturated rings. The van der Waals surface area contributed by atoms with E-state index >= 15 is 0 Å². The van der Waals surface area contributed by atoms with Crippen LogP contribution in [0.15, 0.2) is 10.6 Å². The number of rotatable bonds is 1. The van der Waals surface area contributed by atoms with Gasteiger partial charge in [0.15, 0.2) is 5.76 Å². The number of carbonyl (C=O) groups excluding carboxylic acids is 1. The summed E-state index contributed by atoms with van der Waals surface area (Å²) in [4.78, 5) is 13.3. The Morgan fingerprint density at radius 2 is 2.36 bits per heavy atom. The molecule has 0 unspecified atom stereocenters. The van der Waals surface area contributed by atoms with Crippen molar-refractivity contribution in [1.82, 2.24) is 10.1 Å². The van der Waals surface area contributed by atoms with E-state index < -0.39 is 0 Å². The maximum atomic E-state index is 11.6. The summed E-state index contributed by atoms with van der Waals surface area (Å²) in [7, 11) is 1.81. The molecule has 1 amide bonds. The van der Waals surface area contributed by atoms with Crippen LogP contribution in [0.25, 0.3) is 0 Å². The van der Waals surface area contributed by atoms with Gasteiger partial charge in [-0.1, -0.05) is 12.1 Å². The van der Waals surface area contributed by atoms with Gasteiger partial charge in [0.2, 0.25) is 5.91 Å². The van der Waals surface area contributed by atoms with Crippen molar-refractivity contribution in [2.75, 3.05) is 7.05 Å². The van der Waals surface area contributed by atoms with Crippen molar-refractivity contribution in [2.45, 2.75) is 26.3 Å². The third-order valence-electron chi connectivity index (χ3n) is 2.79. The van der Waals surface area contributed by atoms with Gasteiger partial charge >= 0.3 is 0 Å². The summed E-state index contributed by atoms with van der Waals surface area (Å²) >= 11 is 0. The maximum Gasteiger partial charge on any atom is 0.225 e. The van der Waals surface area contributed by atoms with Crippen LogP contribution in [0.2, 0.25) is 0 Å². The van der Waals surface area contributed by atoms with Gasteiger partial charge in [-0.05, 0) is 13.3 Å². The summed E-state index contributed by atoms with van der Waals surface area (Å²) in [5.41, 5.74) is 0.861. The zero-order chi connectivity index (χ0) is 10.3. The molecule has 0 radical (unpaired) electrons. The molecule has 4 nitrogen and oxygen atoms in total. The minimum absolute atomic E-state index is 0.0682. The third-order valence-corrected chi connectivity index (χ3v) is 2.79. The molecular weight excluding hydrogens is 180 g/mol. The van der Waals surface area contributed by atoms with Crippen LogP contribution >= 0.6 is 0 Å². The van der Waals surface area contributed by atoms with Crippen LogP contribution in [0.5, 0.6) is 0 Å². The van der Waals surface area contributed by atoms with Crippen molar-refractivity contribution in [3.05, 3.63) is 17.5 Å². The molecule has 1 aromatic rings. The fourth-order valence-electron chi connectivity index (χ4n) is 1.94. The lowest BCUT2D eigenvalue weighted by Crippen LogP contribution is -2.23. The van der Waals surface area contributed by atoms with Crippen LogP contribution in [0, 0.1) is 12.8 Å². The van der Waals surface area contributed by atoms with E-state index in [0.29, 0.717) is 0 Å². The summed E-state index contributed by atoms with van der Waals surface area (Å²) in [5.74, 6) is 1.07. The third kappa shape index (κ3) is 1.31. The van der Waals surface area contributed by atoms with E-state index in [4.69, 9.17) is 4.52 Å². The van der Waals surface area contributed by atoms with E-state index in [1.165, 1.54) is 0 Å². The number of nitrogens with zero attached hydrogens (tertiary/aromatic N) is 2. The second-order valence-electron chi connectivity index (χ2n) is 3.97. The normalized spacial score (nSPS) is 27.4. The number of carbonyl (C=O) groups is 1. The number of amides is 1. The van der Waals surface area contributed by atoms with Gasteiger partial charge in [0.05, 0.1) is 11.7 Å². The van der Waals surface area contributed by atoms with Gasteiger partial charge in [0.25, 0.3) is 0 Å². The summed E-state index contributed by atoms with van der Waals surface area (Å²) in [5, 5.41) is 3.83. The van der Waals surface area contributed by atoms with Crippen LogP contribution in [0.3, 0.4) is 0 Å². The van der Waals surface area contributed by atoms with E-state index in [2.05, 4.69) is 5.16 Å². The van der Waals surface area contributed by atoms with Gasteiger partial charge in [0.1, 0.15) is 0 Å². The van der Waals surface area contributed by atoms with Crippen LogP contribution in [-0.2, 0) is 4.79 Å². The lowest BCUT2D eigenvalue weighted by Gasteiger charge is -2.16. The molecule has 0 spiro atoms. The lowest BCUT2D eigenvalue weighted by atomic mass is 10.1. The standard InChI is InChI=1S/C10H14N2O2/c1-6-4-8(12(3)10(6)13)9-5-7(2)11-14-9/h5-6,8H,4H2,1-3H3/t6-,8+/m1/s1. The van der Waals surface area contributed by atoms with Gasteiger partial charge in [-0.25, -0.2) is 0 Å². The van der Waals surface area contributed by atoms with Gasteiger partial charge in [-0.2, -0.15) is 0 Å². The fraction of sp³-hybridized carbons (Fsp3) is 0.600. The topological polar surface area (TPSA) is 46.3 Å². The van der Waals surface area contributed by atoms with E-state index in [-0.39, 0.29) is 17.9 Å². The molecule has 4 heteroatoms. The molecule has 14 heavy (non-hydrogen) atoms. The highest BCUT2D eigenvalue weighted by Crippen LogP contribution is 2.34. The molecule has 0 saturated carbocycles. The molecule has 0 aromatic carbocycles. The van der Waals surface area contributed by atoms with Crippen molar-refractivity contribution in [3.8, 4) is 0 Å². The Morgan fingerprint density at radius 1 is 1.64 bits per heavy atom. The van der Waals surface area contributed by atoms with Crippen LogP contribution in [0.1, 0.15) is 30.8 Å². The average Bonchev–Trinajstić information content (AvgIpc) is 2.66. The predicted octanol–water partition coefficient (Wildman–Crippen LogP) is 1.52. The quantitative estimate of drug-likeness (QED) is 0.681. The monoisotopic (exact) mass is 194 g/mol. The van der Waals surface area contributed by atoms with Crippen LogP contribution < -0.4 is 0 Å². The van der Waals surface area contributed by atoms with Crippen molar-refractivity contribution in [3.63, 3.8) is 0 Å². The molecular formula is C10H14N2O2. The van der Waals surface area contributed by atoms with Crippen LogP contribution in [-0.4, -0.2) is 23.0 Å². The van der Waals surface area contributed by atoms with Gasteiger partial charge in [-0.3, -0.25) is 4.79 Å². The summed E-state index contributed by atoms with van der Waals surface area (Å²) < 4.78 is 5.17. The lowest BCUT2D eigenvalue weighted by molar-refractivity contribution is -0.130. The van der Waals surface area contributed by atoms with Crippen molar-refractivity contribution >= 4 is 5.91 Å². The van der Waals surface area contributed by atoms with Gasteiger partial charge in [0, 0.05) is 19.0 Å². The van der Waals surface area contributed by atoms with Crippen molar-refractivity contribution < 1.29 is 9.32 Å². The zero-order valence-corrected chi connectivity index (χ0v) is 8.65. The number of likely N-dealkylation sites (tertiary alicyclic amines) is 1. The highest BCUT2D eigenvalue weighted by Gasteiger charge is 2.37. The van der Waals surface area contributed by atoms with E-state index in [0.717, 1.165) is 17.9 Å². The SMILES string of the molecule is Cc1cc([C@@H]2C[C@@H](C)C(=O)N2C)on1. The van der Waals surface area contributed by atoms with E-state index in [1.54, 1.807) is 4.90 Å². The first-order chi connectivity index (χ1) is 6.59. The summed E-state index contributed by atoms with van der Waals surface area (Å²) in [6, 6.07) is 1.96. The average molecular weight is 194 g/mol. The summed E-state index contributed by atoms with van der Waals surface area (Å²) in [6.07, 6.45) is 0.823. The van der Waals surface area contributed by atoms with Crippen molar-refractivity contribution in [2.24, 2.45) is 5.92 Å². The highest BCUT2D eigenvalue weighted by atomic mass is 16.5. The molecule has 1 saturated heterocycles. The second kappa shape index (κ2) is 3.12. The maximum absolute atomic E-state index is 11.6. The molecule has 1 aliphatic heterocycles. The van der Waals surface area contributed by atoms with Crippen LogP contribution in [0.4, 0.5) is 0 Å². The van der Waals surface area contributed by atoms with E-state index in [9.17, 15) is 4.79 Å². The number of aromatic nitrogens is 1. The molecule has 1 aromatic heterocycles. The molecule has 2 atom stereocenters. The molecule has 0 aliphatic carbocycles. The Kier molecular flexibility index (Phi) is 2.06. The molecule has 2 heterocycles. The fourth-order valence-corrected chi connectivity index (χ4v) is 1.94. The predicted molar refractivity (Wildman–Crippen MR) is 50.5 cm³/mol. The first-order valence-corrected chi connectivity index (χ1v) is 4.79. The Balaban J connectivity index is 2.25. The Bertz CT molecular complexity index is 359. The Hall–Kier alpha value is -1.32. The molecule has 0 N–H and O–H groups in total. The molecule has 1 aliphatic rings. The molecule has 76 valence electrons. The number of hydrogen-bond acceptors (Lipinski definition) is 3. The molecule has 0 bridgehead atoms. The van der Waals surface area contributed by atoms with Gasteiger partial charge < -0.3 is 9.42 Å². The molecule has 2 rings (SSSR count).